The molecule has 0 bridgehead atoms. The van der Waals surface area contributed by atoms with Crippen LogP contribution in [0, 0.1) is 0 Å². The highest BCUT2D eigenvalue weighted by atomic mass is 79.9. The molecule has 1 N–H and O–H groups in total. The molecule has 2 aromatic rings. The summed E-state index contributed by atoms with van der Waals surface area (Å²) < 4.78 is 5.20. The third-order valence-electron chi connectivity index (χ3n) is 2.01. The molecule has 0 saturated heterocycles. The van der Waals surface area contributed by atoms with E-state index in [0.29, 0.717) is 15.6 Å². The summed E-state index contributed by atoms with van der Waals surface area (Å²) in [5.74, 6) is -0.930. The molecule has 0 aliphatic carbocycles. The lowest BCUT2D eigenvalue weighted by molar-refractivity contribution is 0.0685. The Morgan fingerprint density at radius 2 is 2.12 bits per heavy atom. The fraction of sp³-hybridized carbons (Fsp3) is 0. The van der Waals surface area contributed by atoms with Crippen molar-refractivity contribution >= 4 is 45.1 Å². The third kappa shape index (κ3) is 2.31. The molecular formula is C10H4BrCl2NO3. The van der Waals surface area contributed by atoms with Crippen LogP contribution in [0.5, 0.6) is 0 Å². The molecule has 0 radical (unpaired) electrons. The zero-order chi connectivity index (χ0) is 12.6. The number of benzene rings is 1. The monoisotopic (exact) mass is 335 g/mol. The number of carboxylic acid groups (broad SMARTS) is 1. The highest BCUT2D eigenvalue weighted by Gasteiger charge is 2.21. The summed E-state index contributed by atoms with van der Waals surface area (Å²) in [5.41, 5.74) is 0.314. The Kier molecular flexibility index (Phi) is 3.42. The SMILES string of the molecule is O=C(O)c1noc(-c2ccc(Cl)cc2Cl)c1Br. The zero-order valence-corrected chi connectivity index (χ0v) is 11.2. The third-order valence-corrected chi connectivity index (χ3v) is 3.30. The topological polar surface area (TPSA) is 63.3 Å². The van der Waals surface area contributed by atoms with Crippen molar-refractivity contribution < 1.29 is 14.4 Å². The molecule has 0 unspecified atom stereocenters. The highest BCUT2D eigenvalue weighted by molar-refractivity contribution is 9.10. The van der Waals surface area contributed by atoms with Gasteiger partial charge in [-0.2, -0.15) is 0 Å². The standard InChI is InChI=1S/C10H4BrCl2NO3/c11-7-8(10(15)16)14-17-9(7)5-2-1-4(12)3-6(5)13/h1-3H,(H,15,16). The lowest BCUT2D eigenvalue weighted by Crippen LogP contribution is -1.96. The molecule has 1 heterocycles. The van der Waals surface area contributed by atoms with E-state index in [1.54, 1.807) is 12.1 Å². The molecule has 1 aromatic carbocycles. The van der Waals surface area contributed by atoms with Gasteiger partial charge in [0.2, 0.25) is 5.69 Å². The highest BCUT2D eigenvalue weighted by Crippen LogP contribution is 2.36. The maximum absolute atomic E-state index is 10.8. The van der Waals surface area contributed by atoms with Crippen molar-refractivity contribution in [2.24, 2.45) is 0 Å². The van der Waals surface area contributed by atoms with Crippen LogP contribution in [-0.2, 0) is 0 Å². The van der Waals surface area contributed by atoms with Crippen molar-refractivity contribution in [1.29, 1.82) is 0 Å². The van der Waals surface area contributed by atoms with E-state index in [-0.39, 0.29) is 15.9 Å². The van der Waals surface area contributed by atoms with Crippen LogP contribution in [0.2, 0.25) is 10.0 Å². The van der Waals surface area contributed by atoms with Gasteiger partial charge < -0.3 is 9.63 Å². The van der Waals surface area contributed by atoms with E-state index in [2.05, 4.69) is 21.1 Å². The largest absolute Gasteiger partial charge is 0.476 e. The number of carbonyl (C=O) groups is 1. The number of aromatic carboxylic acids is 1. The number of rotatable bonds is 2. The lowest BCUT2D eigenvalue weighted by atomic mass is 10.1. The van der Waals surface area contributed by atoms with Gasteiger partial charge in [0.25, 0.3) is 0 Å². The summed E-state index contributed by atoms with van der Waals surface area (Å²) in [6.45, 7) is 0. The molecule has 0 aliphatic rings. The van der Waals surface area contributed by atoms with Gasteiger partial charge >= 0.3 is 5.97 Å². The van der Waals surface area contributed by atoms with Crippen LogP contribution < -0.4 is 0 Å². The Hall–Kier alpha value is -1.04. The summed E-state index contributed by atoms with van der Waals surface area (Å²) in [4.78, 5) is 10.8. The van der Waals surface area contributed by atoms with Crippen LogP contribution in [0.3, 0.4) is 0 Å². The number of halogens is 3. The Bertz CT molecular complexity index is 597. The smallest absolute Gasteiger partial charge is 0.359 e. The Balaban J connectivity index is 2.57. The minimum absolute atomic E-state index is 0.203. The van der Waals surface area contributed by atoms with Crippen molar-refractivity contribution in [2.45, 2.75) is 0 Å². The van der Waals surface area contributed by atoms with Gasteiger partial charge in [-0.3, -0.25) is 0 Å². The maximum atomic E-state index is 10.8. The summed E-state index contributed by atoms with van der Waals surface area (Å²) >= 11 is 14.9. The van der Waals surface area contributed by atoms with Crippen LogP contribution in [0.25, 0.3) is 11.3 Å². The van der Waals surface area contributed by atoms with Gasteiger partial charge in [-0.1, -0.05) is 28.4 Å². The van der Waals surface area contributed by atoms with E-state index in [1.165, 1.54) is 6.07 Å². The molecule has 0 spiro atoms. The van der Waals surface area contributed by atoms with Crippen molar-refractivity contribution in [2.75, 3.05) is 0 Å². The molecule has 0 fully saturated rings. The molecule has 2 rings (SSSR count). The first-order valence-electron chi connectivity index (χ1n) is 4.34. The second-order valence-electron chi connectivity index (χ2n) is 3.10. The van der Waals surface area contributed by atoms with Crippen molar-refractivity contribution in [3.8, 4) is 11.3 Å². The van der Waals surface area contributed by atoms with Gasteiger partial charge in [0, 0.05) is 10.6 Å². The molecule has 4 nitrogen and oxygen atoms in total. The lowest BCUT2D eigenvalue weighted by Gasteiger charge is -2.00. The van der Waals surface area contributed by atoms with Crippen LogP contribution in [0.1, 0.15) is 10.5 Å². The second kappa shape index (κ2) is 4.68. The first kappa shape index (κ1) is 12.4. The average Bonchev–Trinajstić information content (AvgIpc) is 2.60. The molecule has 0 aliphatic heterocycles. The van der Waals surface area contributed by atoms with E-state index in [1.807, 2.05) is 0 Å². The van der Waals surface area contributed by atoms with E-state index in [9.17, 15) is 4.79 Å². The number of hydrogen-bond acceptors (Lipinski definition) is 3. The van der Waals surface area contributed by atoms with Crippen LogP contribution in [0.4, 0.5) is 0 Å². The van der Waals surface area contributed by atoms with E-state index < -0.39 is 5.97 Å². The predicted molar refractivity (Wildman–Crippen MR) is 66.6 cm³/mol. The van der Waals surface area contributed by atoms with Crippen LogP contribution >= 0.6 is 39.1 Å². The van der Waals surface area contributed by atoms with Gasteiger partial charge in [0.1, 0.15) is 4.47 Å². The molecule has 17 heavy (non-hydrogen) atoms. The van der Waals surface area contributed by atoms with Gasteiger partial charge in [-0.25, -0.2) is 4.79 Å². The van der Waals surface area contributed by atoms with Crippen molar-refractivity contribution in [1.82, 2.24) is 5.16 Å². The second-order valence-corrected chi connectivity index (χ2v) is 4.74. The molecular weight excluding hydrogens is 333 g/mol. The first-order valence-corrected chi connectivity index (χ1v) is 5.89. The molecule has 7 heteroatoms. The van der Waals surface area contributed by atoms with Crippen LogP contribution in [-0.4, -0.2) is 16.2 Å². The van der Waals surface area contributed by atoms with Crippen LogP contribution in [0.15, 0.2) is 27.2 Å². The summed E-state index contributed by atoms with van der Waals surface area (Å²) in [5, 5.41) is 13.1. The molecule has 0 amide bonds. The van der Waals surface area contributed by atoms with Gasteiger partial charge in [-0.05, 0) is 34.1 Å². The predicted octanol–water partition coefficient (Wildman–Crippen LogP) is 4.11. The summed E-state index contributed by atoms with van der Waals surface area (Å²) in [6.07, 6.45) is 0. The fourth-order valence-corrected chi connectivity index (χ4v) is 2.28. The maximum Gasteiger partial charge on any atom is 0.359 e. The minimum atomic E-state index is -1.18. The fourth-order valence-electron chi connectivity index (χ4n) is 1.25. The summed E-state index contributed by atoms with van der Waals surface area (Å²) in [7, 11) is 0. The van der Waals surface area contributed by atoms with Gasteiger partial charge in [0.05, 0.1) is 5.02 Å². The minimum Gasteiger partial charge on any atom is -0.476 e. The van der Waals surface area contributed by atoms with Crippen molar-refractivity contribution in [3.05, 3.63) is 38.4 Å². The number of hydrogen-bond donors (Lipinski definition) is 1. The molecule has 0 saturated carbocycles. The van der Waals surface area contributed by atoms with Gasteiger partial charge in [0.15, 0.2) is 5.76 Å². The quantitative estimate of drug-likeness (QED) is 0.896. The number of nitrogens with zero attached hydrogens (tertiary/aromatic N) is 1. The van der Waals surface area contributed by atoms with E-state index in [4.69, 9.17) is 32.8 Å². The summed E-state index contributed by atoms with van der Waals surface area (Å²) in [6, 6.07) is 4.79. The first-order chi connectivity index (χ1) is 8.00. The molecule has 0 atom stereocenters. The number of carboxylic acids is 1. The average molecular weight is 337 g/mol. The normalized spacial score (nSPS) is 10.5. The molecule has 88 valence electrons. The van der Waals surface area contributed by atoms with Gasteiger partial charge in [-0.15, -0.1) is 0 Å². The Morgan fingerprint density at radius 3 is 2.65 bits per heavy atom. The van der Waals surface area contributed by atoms with E-state index >= 15 is 0 Å². The Morgan fingerprint density at radius 1 is 1.41 bits per heavy atom. The van der Waals surface area contributed by atoms with E-state index in [0.717, 1.165) is 0 Å². The number of aromatic nitrogens is 1. The Labute approximate surface area is 114 Å². The molecule has 1 aromatic heterocycles. The van der Waals surface area contributed by atoms with Crippen molar-refractivity contribution in [3.63, 3.8) is 0 Å². The zero-order valence-electron chi connectivity index (χ0n) is 8.08.